The van der Waals surface area contributed by atoms with Crippen molar-refractivity contribution in [1.29, 1.82) is 0 Å². The van der Waals surface area contributed by atoms with Crippen LogP contribution in [0.1, 0.15) is 113 Å². The Bertz CT molecular complexity index is 2400. The van der Waals surface area contributed by atoms with Gasteiger partial charge < -0.3 is 9.80 Å². The van der Waals surface area contributed by atoms with Gasteiger partial charge in [-0.05, 0) is 148 Å². The standard InChI is InChI=1S/C60H64N2/c1-46-26-34-54(35-27-46)61(44-58(48-18-8-3-9-19-48)49-20-10-4-11-21-49)56-38-30-52(31-39-56)60(42-16-7-17-43-60)53-32-40-57(41-33-53)62(55-36-28-47(2)29-37-55)45-59(50-22-12-5-13-23-50)51-24-14-6-15-25-51/h3-6,8-12,14,18-22,26-28,30-36,38-40,44-45,51,57H,7,13,15-17,23-25,29,37,41-43H2,1-2H3/b59-45+. The van der Waals surface area contributed by atoms with Crippen molar-refractivity contribution in [2.45, 2.75) is 109 Å². The van der Waals surface area contributed by atoms with E-state index in [9.17, 15) is 0 Å². The van der Waals surface area contributed by atoms with Crippen molar-refractivity contribution in [3.05, 3.63) is 233 Å². The van der Waals surface area contributed by atoms with Gasteiger partial charge >= 0.3 is 0 Å². The number of rotatable bonds is 12. The summed E-state index contributed by atoms with van der Waals surface area (Å²) in [5.74, 6) is 0.578. The summed E-state index contributed by atoms with van der Waals surface area (Å²) >= 11 is 0. The molecule has 0 amide bonds. The number of benzene rings is 4. The first-order valence-corrected chi connectivity index (χ1v) is 23.6. The van der Waals surface area contributed by atoms with E-state index in [0.29, 0.717) is 12.0 Å². The lowest BCUT2D eigenvalue weighted by Crippen LogP contribution is -2.35. The van der Waals surface area contributed by atoms with Gasteiger partial charge in [0.05, 0.1) is 6.04 Å². The summed E-state index contributed by atoms with van der Waals surface area (Å²) in [6, 6.07) is 40.5. The van der Waals surface area contributed by atoms with Crippen molar-refractivity contribution < 1.29 is 0 Å². The molecule has 2 heteroatoms. The normalized spacial score (nSPS) is 21.0. The number of aryl methyl sites for hydroxylation is 1. The molecule has 4 aromatic rings. The quantitative estimate of drug-likeness (QED) is 0.132. The molecule has 0 bridgehead atoms. The van der Waals surface area contributed by atoms with Crippen LogP contribution in [0.15, 0.2) is 210 Å². The maximum Gasteiger partial charge on any atom is 0.0551 e. The third-order valence-corrected chi connectivity index (χ3v) is 14.2. The van der Waals surface area contributed by atoms with E-state index in [4.69, 9.17) is 0 Å². The third-order valence-electron chi connectivity index (χ3n) is 14.2. The van der Waals surface area contributed by atoms with Crippen molar-refractivity contribution in [3.8, 4) is 0 Å². The van der Waals surface area contributed by atoms with Gasteiger partial charge in [0.1, 0.15) is 0 Å². The molecule has 1 saturated carbocycles. The van der Waals surface area contributed by atoms with Crippen LogP contribution in [0, 0.1) is 12.8 Å². The average Bonchev–Trinajstić information content (AvgIpc) is 3.34. The molecule has 0 aromatic heterocycles. The second-order valence-corrected chi connectivity index (χ2v) is 18.3. The molecule has 0 aliphatic heterocycles. The van der Waals surface area contributed by atoms with Crippen LogP contribution in [-0.4, -0.2) is 10.9 Å². The summed E-state index contributed by atoms with van der Waals surface area (Å²) in [6.45, 7) is 4.44. The minimum atomic E-state index is 0.0193. The Kier molecular flexibility index (Phi) is 13.0. The molecule has 5 aliphatic rings. The van der Waals surface area contributed by atoms with Gasteiger partial charge in [0, 0.05) is 40.5 Å². The molecular weight excluding hydrogens is 749 g/mol. The van der Waals surface area contributed by atoms with Crippen LogP contribution in [0.5, 0.6) is 0 Å². The van der Waals surface area contributed by atoms with Crippen LogP contribution >= 0.6 is 0 Å². The minimum Gasteiger partial charge on any atom is -0.344 e. The third kappa shape index (κ3) is 9.31. The molecule has 62 heavy (non-hydrogen) atoms. The van der Waals surface area contributed by atoms with Crippen LogP contribution in [-0.2, 0) is 5.41 Å². The maximum atomic E-state index is 2.69. The highest BCUT2D eigenvalue weighted by Crippen LogP contribution is 2.48. The molecule has 0 heterocycles. The zero-order valence-electron chi connectivity index (χ0n) is 37.1. The fourth-order valence-electron chi connectivity index (χ4n) is 10.6. The predicted molar refractivity (Wildman–Crippen MR) is 264 cm³/mol. The van der Waals surface area contributed by atoms with Gasteiger partial charge in [-0.2, -0.15) is 0 Å². The van der Waals surface area contributed by atoms with E-state index in [-0.39, 0.29) is 5.41 Å². The first kappa shape index (κ1) is 41.5. The van der Waals surface area contributed by atoms with E-state index in [1.54, 1.807) is 5.57 Å². The molecule has 0 spiro atoms. The fraction of sp³-hybridized carbons (Fsp3) is 0.300. The van der Waals surface area contributed by atoms with E-state index in [1.807, 2.05) is 0 Å². The highest BCUT2D eigenvalue weighted by Gasteiger charge is 2.38. The zero-order valence-corrected chi connectivity index (χ0v) is 37.1. The topological polar surface area (TPSA) is 6.48 Å². The van der Waals surface area contributed by atoms with Gasteiger partial charge in [0.25, 0.3) is 0 Å². The van der Waals surface area contributed by atoms with Crippen LogP contribution in [0.3, 0.4) is 0 Å². The monoisotopic (exact) mass is 813 g/mol. The van der Waals surface area contributed by atoms with E-state index in [1.165, 1.54) is 101 Å². The van der Waals surface area contributed by atoms with Gasteiger partial charge in [-0.3, -0.25) is 0 Å². The lowest BCUT2D eigenvalue weighted by molar-refractivity contribution is 0.335. The van der Waals surface area contributed by atoms with E-state index >= 15 is 0 Å². The second kappa shape index (κ2) is 19.5. The van der Waals surface area contributed by atoms with Crippen LogP contribution in [0.25, 0.3) is 5.57 Å². The molecule has 4 aromatic carbocycles. The molecule has 0 saturated heterocycles. The summed E-state index contributed by atoms with van der Waals surface area (Å²) in [7, 11) is 0. The van der Waals surface area contributed by atoms with Crippen LogP contribution in [0.2, 0.25) is 0 Å². The smallest absolute Gasteiger partial charge is 0.0551 e. The number of anilines is 2. The SMILES string of the molecule is CC1=CC=C(N(/C=C(\C2=CC=CCC2)C2CC=CCC2)C2C=CC(C3(c4ccc(N(C=C(c5ccccc5)c5ccccc5)c5ccc(C)cc5)cc4)CCCCC3)=CC2)CC1. The van der Waals surface area contributed by atoms with Crippen molar-refractivity contribution in [1.82, 2.24) is 4.90 Å². The lowest BCUT2D eigenvalue weighted by Gasteiger charge is -2.42. The first-order chi connectivity index (χ1) is 30.5. The van der Waals surface area contributed by atoms with Crippen LogP contribution < -0.4 is 4.90 Å². The van der Waals surface area contributed by atoms with Crippen molar-refractivity contribution >= 4 is 16.9 Å². The molecule has 0 N–H and O–H groups in total. The average molecular weight is 813 g/mol. The zero-order chi connectivity index (χ0) is 42.1. The van der Waals surface area contributed by atoms with E-state index < -0.39 is 0 Å². The number of hydrogen-bond donors (Lipinski definition) is 0. The number of nitrogens with zero attached hydrogens (tertiary/aromatic N) is 2. The first-order valence-electron chi connectivity index (χ1n) is 23.6. The van der Waals surface area contributed by atoms with E-state index in [0.717, 1.165) is 44.2 Å². The summed E-state index contributed by atoms with van der Waals surface area (Å²) in [5, 5.41) is 0. The maximum absolute atomic E-state index is 2.69. The van der Waals surface area contributed by atoms with Gasteiger partial charge in [-0.1, -0.05) is 170 Å². The molecule has 1 fully saturated rings. The van der Waals surface area contributed by atoms with E-state index in [2.05, 4.69) is 206 Å². The molecule has 9 rings (SSSR count). The highest BCUT2D eigenvalue weighted by molar-refractivity contribution is 5.84. The Morgan fingerprint density at radius 3 is 1.95 bits per heavy atom. The van der Waals surface area contributed by atoms with Crippen molar-refractivity contribution in [3.63, 3.8) is 0 Å². The highest BCUT2D eigenvalue weighted by atomic mass is 15.2. The van der Waals surface area contributed by atoms with Gasteiger partial charge in [0.15, 0.2) is 0 Å². The summed E-state index contributed by atoms with van der Waals surface area (Å²) in [4.78, 5) is 5.07. The van der Waals surface area contributed by atoms with Crippen LogP contribution in [0.4, 0.5) is 11.4 Å². The van der Waals surface area contributed by atoms with Crippen molar-refractivity contribution in [2.24, 2.45) is 5.92 Å². The molecule has 314 valence electrons. The van der Waals surface area contributed by atoms with Gasteiger partial charge in [0.2, 0.25) is 0 Å². The Morgan fingerprint density at radius 2 is 1.35 bits per heavy atom. The van der Waals surface area contributed by atoms with Crippen molar-refractivity contribution in [2.75, 3.05) is 4.90 Å². The number of allylic oxidation sites excluding steroid dienone is 13. The summed E-state index contributed by atoms with van der Waals surface area (Å²) in [5.41, 5.74) is 16.2. The predicted octanol–water partition coefficient (Wildman–Crippen LogP) is 16.1. The lowest BCUT2D eigenvalue weighted by atomic mass is 9.64. The molecule has 2 nitrogen and oxygen atoms in total. The van der Waals surface area contributed by atoms with Gasteiger partial charge in [-0.15, -0.1) is 0 Å². The Morgan fingerprint density at radius 1 is 0.645 bits per heavy atom. The number of hydrogen-bond acceptors (Lipinski definition) is 2. The second-order valence-electron chi connectivity index (χ2n) is 18.3. The molecule has 5 aliphatic carbocycles. The minimum absolute atomic E-state index is 0.0193. The Balaban J connectivity index is 1.05. The Labute approximate surface area is 372 Å². The largest absolute Gasteiger partial charge is 0.344 e. The molecule has 0 radical (unpaired) electrons. The molecular formula is C60H64N2. The summed E-state index contributed by atoms with van der Waals surface area (Å²) < 4.78 is 0. The Hall–Kier alpha value is -5.86. The van der Waals surface area contributed by atoms with Gasteiger partial charge in [-0.25, -0.2) is 0 Å². The molecule has 2 atom stereocenters. The summed E-state index contributed by atoms with van der Waals surface area (Å²) in [6.07, 6.45) is 44.6. The fourth-order valence-corrected chi connectivity index (χ4v) is 10.6. The molecule has 2 unspecified atom stereocenters.